The van der Waals surface area contributed by atoms with Gasteiger partial charge in [-0.1, -0.05) is 29.8 Å². The van der Waals surface area contributed by atoms with E-state index in [9.17, 15) is 14.4 Å². The van der Waals surface area contributed by atoms with E-state index < -0.39 is 29.9 Å². The molecular formula is C19H20ClN3O5. The molecule has 1 heterocycles. The van der Waals surface area contributed by atoms with Gasteiger partial charge >= 0.3 is 5.97 Å². The summed E-state index contributed by atoms with van der Waals surface area (Å²) in [5.41, 5.74) is 0.302. The molecule has 0 saturated heterocycles. The molecule has 0 unspecified atom stereocenters. The van der Waals surface area contributed by atoms with Crippen molar-refractivity contribution in [2.24, 2.45) is 0 Å². The Morgan fingerprint density at radius 3 is 2.50 bits per heavy atom. The van der Waals surface area contributed by atoms with Crippen LogP contribution in [0.4, 0.5) is 5.69 Å². The van der Waals surface area contributed by atoms with Gasteiger partial charge in [-0.25, -0.2) is 9.78 Å². The fourth-order valence-corrected chi connectivity index (χ4v) is 2.22. The van der Waals surface area contributed by atoms with Crippen LogP contribution in [0, 0.1) is 0 Å². The molecule has 2 amide bonds. The van der Waals surface area contributed by atoms with Crippen molar-refractivity contribution in [2.75, 3.05) is 11.9 Å². The second-order valence-electron chi connectivity index (χ2n) is 5.80. The number of hydrogen-bond donors (Lipinski definition) is 2. The molecule has 1 aromatic carbocycles. The number of esters is 1. The van der Waals surface area contributed by atoms with Crippen LogP contribution in [0.2, 0.25) is 5.15 Å². The highest BCUT2D eigenvalue weighted by atomic mass is 35.5. The molecule has 8 nitrogen and oxygen atoms in total. The van der Waals surface area contributed by atoms with Gasteiger partial charge in [0.15, 0.2) is 17.9 Å². The zero-order chi connectivity index (χ0) is 20.5. The first-order valence-corrected chi connectivity index (χ1v) is 8.83. The maximum Gasteiger partial charge on any atom is 0.329 e. The van der Waals surface area contributed by atoms with Crippen molar-refractivity contribution in [2.45, 2.75) is 26.0 Å². The van der Waals surface area contributed by atoms with Crippen LogP contribution in [0.15, 0.2) is 48.7 Å². The molecule has 9 heteroatoms. The standard InChI is InChI=1S/C19H20ClN3O5/c1-12(22-16(24)11-27-14-7-4-3-5-8-14)19(26)28-13(2)18(25)23-15-9-6-10-21-17(15)20/h3-10,12-13H,11H2,1-2H3,(H,22,24)(H,23,25)/t12-,13-/m0/s1. The highest BCUT2D eigenvalue weighted by molar-refractivity contribution is 6.32. The van der Waals surface area contributed by atoms with Gasteiger partial charge in [-0.3, -0.25) is 9.59 Å². The number of rotatable bonds is 8. The molecule has 0 aliphatic carbocycles. The summed E-state index contributed by atoms with van der Waals surface area (Å²) in [6.07, 6.45) is 0.386. The Kier molecular flexibility index (Phi) is 7.76. The predicted octanol–water partition coefficient (Wildman–Crippen LogP) is 2.19. The number of para-hydroxylation sites is 1. The number of carbonyl (C=O) groups is 3. The summed E-state index contributed by atoms with van der Waals surface area (Å²) in [4.78, 5) is 39.9. The number of ether oxygens (including phenoxy) is 2. The molecule has 2 N–H and O–H groups in total. The van der Waals surface area contributed by atoms with Crippen LogP contribution >= 0.6 is 11.6 Å². The minimum atomic E-state index is -1.09. The molecule has 148 valence electrons. The van der Waals surface area contributed by atoms with E-state index in [1.165, 1.54) is 20.0 Å². The van der Waals surface area contributed by atoms with Gasteiger partial charge in [-0.2, -0.15) is 0 Å². The van der Waals surface area contributed by atoms with E-state index in [-0.39, 0.29) is 11.8 Å². The summed E-state index contributed by atoms with van der Waals surface area (Å²) in [7, 11) is 0. The minimum absolute atomic E-state index is 0.119. The highest BCUT2D eigenvalue weighted by Crippen LogP contribution is 2.17. The second-order valence-corrected chi connectivity index (χ2v) is 6.16. The van der Waals surface area contributed by atoms with Crippen molar-refractivity contribution in [3.63, 3.8) is 0 Å². The second kappa shape index (κ2) is 10.3. The Balaban J connectivity index is 1.78. The Morgan fingerprint density at radius 2 is 1.82 bits per heavy atom. The number of carbonyl (C=O) groups excluding carboxylic acids is 3. The molecule has 2 aromatic rings. The molecule has 0 fully saturated rings. The van der Waals surface area contributed by atoms with Crippen LogP contribution < -0.4 is 15.4 Å². The summed E-state index contributed by atoms with van der Waals surface area (Å²) in [6.45, 7) is 2.60. The molecule has 28 heavy (non-hydrogen) atoms. The zero-order valence-electron chi connectivity index (χ0n) is 15.3. The molecule has 0 saturated carbocycles. The molecule has 2 rings (SSSR count). The smallest absolute Gasteiger partial charge is 0.329 e. The number of halogens is 1. The fourth-order valence-electron chi connectivity index (χ4n) is 2.05. The number of aromatic nitrogens is 1. The van der Waals surface area contributed by atoms with Gasteiger partial charge in [-0.05, 0) is 38.1 Å². The van der Waals surface area contributed by atoms with Crippen LogP contribution in [0.25, 0.3) is 0 Å². The number of nitrogens with one attached hydrogen (secondary N) is 2. The van der Waals surface area contributed by atoms with E-state index >= 15 is 0 Å². The lowest BCUT2D eigenvalue weighted by Gasteiger charge is -2.18. The van der Waals surface area contributed by atoms with Gasteiger partial charge in [0.1, 0.15) is 11.8 Å². The SMILES string of the molecule is C[C@H](NC(=O)COc1ccccc1)C(=O)O[C@@H](C)C(=O)Nc1cccnc1Cl. The number of amides is 2. The number of hydrogen-bond acceptors (Lipinski definition) is 6. The average molecular weight is 406 g/mol. The molecule has 1 aromatic heterocycles. The monoisotopic (exact) mass is 405 g/mol. The number of benzene rings is 1. The van der Waals surface area contributed by atoms with E-state index in [0.717, 1.165) is 0 Å². The molecule has 0 bridgehead atoms. The summed E-state index contributed by atoms with van der Waals surface area (Å²) in [5, 5.41) is 5.09. The first-order valence-electron chi connectivity index (χ1n) is 8.46. The lowest BCUT2D eigenvalue weighted by Crippen LogP contribution is -2.44. The normalized spacial score (nSPS) is 12.4. The summed E-state index contributed by atoms with van der Waals surface area (Å²) in [6, 6.07) is 11.0. The van der Waals surface area contributed by atoms with Crippen LogP contribution in [0.5, 0.6) is 5.75 Å². The Bertz CT molecular complexity index is 831. The fraction of sp³-hybridized carbons (Fsp3) is 0.263. The molecule has 0 aliphatic heterocycles. The summed E-state index contributed by atoms with van der Waals surface area (Å²) in [5.74, 6) is -1.29. The van der Waals surface area contributed by atoms with Gasteiger partial charge in [0.2, 0.25) is 0 Å². The molecule has 2 atom stereocenters. The van der Waals surface area contributed by atoms with Gasteiger partial charge in [0.05, 0.1) is 5.69 Å². The van der Waals surface area contributed by atoms with E-state index in [1.54, 1.807) is 36.4 Å². The third-order valence-corrected chi connectivity index (χ3v) is 3.82. The molecule has 0 spiro atoms. The molecular weight excluding hydrogens is 386 g/mol. The van der Waals surface area contributed by atoms with E-state index in [1.807, 2.05) is 6.07 Å². The number of nitrogens with zero attached hydrogens (tertiary/aromatic N) is 1. The highest BCUT2D eigenvalue weighted by Gasteiger charge is 2.23. The van der Waals surface area contributed by atoms with Crippen molar-refractivity contribution < 1.29 is 23.9 Å². The van der Waals surface area contributed by atoms with Crippen molar-refractivity contribution in [3.8, 4) is 5.75 Å². The first-order chi connectivity index (χ1) is 13.4. The van der Waals surface area contributed by atoms with Crippen molar-refractivity contribution >= 4 is 35.1 Å². The molecule has 0 radical (unpaired) electrons. The lowest BCUT2D eigenvalue weighted by molar-refractivity contribution is -0.155. The maximum absolute atomic E-state index is 12.1. The Morgan fingerprint density at radius 1 is 1.11 bits per heavy atom. The predicted molar refractivity (Wildman–Crippen MR) is 103 cm³/mol. The van der Waals surface area contributed by atoms with Gasteiger partial charge < -0.3 is 20.1 Å². The zero-order valence-corrected chi connectivity index (χ0v) is 16.1. The lowest BCUT2D eigenvalue weighted by atomic mass is 10.3. The average Bonchev–Trinajstić information content (AvgIpc) is 2.68. The van der Waals surface area contributed by atoms with Crippen molar-refractivity contribution in [3.05, 3.63) is 53.8 Å². The van der Waals surface area contributed by atoms with Crippen LogP contribution in [-0.4, -0.2) is 41.5 Å². The Hall–Kier alpha value is -3.13. The van der Waals surface area contributed by atoms with Crippen molar-refractivity contribution in [1.82, 2.24) is 10.3 Å². The number of pyridine rings is 1. The number of anilines is 1. The Labute approximate surface area is 167 Å². The minimum Gasteiger partial charge on any atom is -0.484 e. The first kappa shape index (κ1) is 21.2. The van der Waals surface area contributed by atoms with Crippen LogP contribution in [0.3, 0.4) is 0 Å². The van der Waals surface area contributed by atoms with Crippen LogP contribution in [0.1, 0.15) is 13.8 Å². The van der Waals surface area contributed by atoms with Gasteiger partial charge in [0.25, 0.3) is 11.8 Å². The summed E-state index contributed by atoms with van der Waals surface area (Å²) >= 11 is 5.87. The van der Waals surface area contributed by atoms with E-state index in [0.29, 0.717) is 11.4 Å². The topological polar surface area (TPSA) is 107 Å². The third-order valence-electron chi connectivity index (χ3n) is 3.52. The quantitative estimate of drug-likeness (QED) is 0.515. The van der Waals surface area contributed by atoms with E-state index in [2.05, 4.69) is 15.6 Å². The van der Waals surface area contributed by atoms with Gasteiger partial charge in [0, 0.05) is 6.20 Å². The molecule has 0 aliphatic rings. The van der Waals surface area contributed by atoms with Gasteiger partial charge in [-0.15, -0.1) is 0 Å². The van der Waals surface area contributed by atoms with Crippen LogP contribution in [-0.2, 0) is 19.1 Å². The third kappa shape index (κ3) is 6.55. The summed E-state index contributed by atoms with van der Waals surface area (Å²) < 4.78 is 10.4. The largest absolute Gasteiger partial charge is 0.484 e. The van der Waals surface area contributed by atoms with Crippen molar-refractivity contribution in [1.29, 1.82) is 0 Å². The maximum atomic E-state index is 12.1. The van der Waals surface area contributed by atoms with E-state index in [4.69, 9.17) is 21.1 Å².